The Labute approximate surface area is 182 Å². The Morgan fingerprint density at radius 2 is 1.00 bits per heavy atom. The van der Waals surface area contributed by atoms with Gasteiger partial charge in [0, 0.05) is 26.1 Å². The fourth-order valence-corrected chi connectivity index (χ4v) is 2.56. The molecule has 0 heterocycles. The van der Waals surface area contributed by atoms with E-state index in [1.807, 2.05) is 60.3 Å². The number of carbonyl (C=O) groups is 3. The quantitative estimate of drug-likeness (QED) is 0.325. The Hall–Kier alpha value is -1.63. The monoisotopic (exact) mass is 429 g/mol. The summed E-state index contributed by atoms with van der Waals surface area (Å²) in [5, 5.41) is 0. The van der Waals surface area contributed by atoms with Gasteiger partial charge in [-0.1, -0.05) is 55.4 Å². The van der Waals surface area contributed by atoms with Crippen molar-refractivity contribution >= 4 is 17.9 Å². The van der Waals surface area contributed by atoms with E-state index in [-0.39, 0.29) is 54.5 Å². The number of ether oxygens (including phenoxy) is 3. The van der Waals surface area contributed by atoms with Crippen LogP contribution in [0.15, 0.2) is 0 Å². The number of nitrogens with zero attached hydrogens (tertiary/aromatic N) is 1. The molecule has 176 valence electrons. The lowest BCUT2D eigenvalue weighted by Crippen LogP contribution is -2.35. The summed E-state index contributed by atoms with van der Waals surface area (Å²) >= 11 is 0. The van der Waals surface area contributed by atoms with E-state index >= 15 is 0 Å². The zero-order valence-electron chi connectivity index (χ0n) is 20.3. The third-order valence-corrected chi connectivity index (χ3v) is 3.94. The Morgan fingerprint density at radius 3 is 1.30 bits per heavy atom. The molecule has 7 heteroatoms. The first-order valence-corrected chi connectivity index (χ1v) is 10.9. The van der Waals surface area contributed by atoms with Crippen molar-refractivity contribution in [1.29, 1.82) is 0 Å². The maximum absolute atomic E-state index is 11.9. The van der Waals surface area contributed by atoms with Crippen LogP contribution in [0.25, 0.3) is 0 Å². The molecule has 7 nitrogen and oxygen atoms in total. The standard InChI is InChI=1S/C23H43NO6/c1-18(2)15-19(25)28-12-9-24(10-13-29-20(26)16-22(3,4)5)11-14-30-21(27)17-23(6,7)8/h18H,9-17H2,1-8H3. The van der Waals surface area contributed by atoms with Crippen molar-refractivity contribution in [2.45, 2.75) is 74.7 Å². The van der Waals surface area contributed by atoms with Gasteiger partial charge in [-0.15, -0.1) is 0 Å². The van der Waals surface area contributed by atoms with Gasteiger partial charge in [0.05, 0.1) is 12.8 Å². The maximum Gasteiger partial charge on any atom is 0.306 e. The van der Waals surface area contributed by atoms with Gasteiger partial charge in [0.2, 0.25) is 0 Å². The van der Waals surface area contributed by atoms with Crippen LogP contribution in [0.2, 0.25) is 0 Å². The van der Waals surface area contributed by atoms with Crippen LogP contribution in [0, 0.1) is 16.7 Å². The second-order valence-electron chi connectivity index (χ2n) is 10.6. The highest BCUT2D eigenvalue weighted by molar-refractivity contribution is 5.70. The summed E-state index contributed by atoms with van der Waals surface area (Å²) in [5.74, 6) is -0.443. The molecule has 30 heavy (non-hydrogen) atoms. The highest BCUT2D eigenvalue weighted by Crippen LogP contribution is 2.19. The summed E-state index contributed by atoms with van der Waals surface area (Å²) in [4.78, 5) is 37.5. The van der Waals surface area contributed by atoms with Crippen molar-refractivity contribution in [3.05, 3.63) is 0 Å². The number of hydrogen-bond donors (Lipinski definition) is 0. The van der Waals surface area contributed by atoms with Crippen LogP contribution in [0.5, 0.6) is 0 Å². The molecule has 0 atom stereocenters. The van der Waals surface area contributed by atoms with E-state index in [4.69, 9.17) is 14.2 Å². The fraction of sp³-hybridized carbons (Fsp3) is 0.870. The maximum atomic E-state index is 11.9. The minimum Gasteiger partial charge on any atom is -0.464 e. The third kappa shape index (κ3) is 18.4. The summed E-state index contributed by atoms with van der Waals surface area (Å²) in [6.45, 7) is 18.0. The van der Waals surface area contributed by atoms with E-state index in [0.717, 1.165) is 0 Å². The van der Waals surface area contributed by atoms with E-state index in [0.29, 0.717) is 38.9 Å². The lowest BCUT2D eigenvalue weighted by atomic mass is 9.92. The van der Waals surface area contributed by atoms with Crippen LogP contribution in [0.4, 0.5) is 0 Å². The van der Waals surface area contributed by atoms with Crippen LogP contribution in [0.1, 0.15) is 74.7 Å². The molecule has 0 fully saturated rings. The highest BCUT2D eigenvalue weighted by Gasteiger charge is 2.19. The lowest BCUT2D eigenvalue weighted by molar-refractivity contribution is -0.146. The fourth-order valence-electron chi connectivity index (χ4n) is 2.56. The molecule has 0 amide bonds. The molecule has 0 aromatic carbocycles. The smallest absolute Gasteiger partial charge is 0.306 e. The molecule has 0 spiro atoms. The van der Waals surface area contributed by atoms with E-state index in [1.165, 1.54) is 0 Å². The molecule has 0 aliphatic rings. The van der Waals surface area contributed by atoms with E-state index < -0.39 is 0 Å². The van der Waals surface area contributed by atoms with Crippen LogP contribution in [-0.4, -0.2) is 62.3 Å². The van der Waals surface area contributed by atoms with Gasteiger partial charge in [0.1, 0.15) is 19.8 Å². The number of esters is 3. The highest BCUT2D eigenvalue weighted by atomic mass is 16.5. The summed E-state index contributed by atoms with van der Waals surface area (Å²) in [5.41, 5.74) is -0.245. The molecule has 0 aromatic rings. The molecule has 0 aromatic heterocycles. The van der Waals surface area contributed by atoms with Crippen molar-refractivity contribution in [2.75, 3.05) is 39.5 Å². The predicted octanol–water partition coefficient (Wildman–Crippen LogP) is 3.84. The minimum absolute atomic E-state index is 0.122. The number of carbonyl (C=O) groups excluding carboxylic acids is 3. The first kappa shape index (κ1) is 28.4. The van der Waals surface area contributed by atoms with Gasteiger partial charge in [-0.2, -0.15) is 0 Å². The third-order valence-electron chi connectivity index (χ3n) is 3.94. The van der Waals surface area contributed by atoms with Crippen molar-refractivity contribution < 1.29 is 28.6 Å². The second kappa shape index (κ2) is 13.6. The van der Waals surface area contributed by atoms with E-state index in [2.05, 4.69) is 0 Å². The first-order valence-electron chi connectivity index (χ1n) is 10.9. The van der Waals surface area contributed by atoms with Crippen molar-refractivity contribution in [3.8, 4) is 0 Å². The molecule has 0 aliphatic carbocycles. The Morgan fingerprint density at radius 1 is 0.667 bits per heavy atom. The number of hydrogen-bond acceptors (Lipinski definition) is 7. The largest absolute Gasteiger partial charge is 0.464 e. The molecule has 0 bridgehead atoms. The Kier molecular flexibility index (Phi) is 12.9. The lowest BCUT2D eigenvalue weighted by Gasteiger charge is -2.23. The average molecular weight is 430 g/mol. The molecular weight excluding hydrogens is 386 g/mol. The molecule has 0 radical (unpaired) electrons. The van der Waals surface area contributed by atoms with Crippen LogP contribution in [0.3, 0.4) is 0 Å². The predicted molar refractivity (Wildman–Crippen MR) is 117 cm³/mol. The van der Waals surface area contributed by atoms with Crippen LogP contribution < -0.4 is 0 Å². The van der Waals surface area contributed by atoms with E-state index in [9.17, 15) is 14.4 Å². The second-order valence-corrected chi connectivity index (χ2v) is 10.6. The zero-order chi connectivity index (χ0) is 23.4. The van der Waals surface area contributed by atoms with E-state index in [1.54, 1.807) is 0 Å². The van der Waals surface area contributed by atoms with Gasteiger partial charge in [0.25, 0.3) is 0 Å². The topological polar surface area (TPSA) is 82.1 Å². The molecule has 0 saturated heterocycles. The first-order chi connectivity index (χ1) is 13.7. The van der Waals surface area contributed by atoms with Gasteiger partial charge in [-0.05, 0) is 16.7 Å². The molecule has 0 aliphatic heterocycles. The van der Waals surface area contributed by atoms with Crippen LogP contribution in [-0.2, 0) is 28.6 Å². The molecule has 0 unspecified atom stereocenters. The van der Waals surface area contributed by atoms with Gasteiger partial charge < -0.3 is 14.2 Å². The van der Waals surface area contributed by atoms with Crippen molar-refractivity contribution in [1.82, 2.24) is 4.90 Å². The zero-order valence-corrected chi connectivity index (χ0v) is 20.3. The molecular formula is C23H43NO6. The van der Waals surface area contributed by atoms with Gasteiger partial charge >= 0.3 is 17.9 Å². The summed E-state index contributed by atoms with van der Waals surface area (Å²) in [6.07, 6.45) is 1.09. The molecule has 0 N–H and O–H groups in total. The van der Waals surface area contributed by atoms with Crippen molar-refractivity contribution in [2.24, 2.45) is 16.7 Å². The summed E-state index contributed by atoms with van der Waals surface area (Å²) in [7, 11) is 0. The Balaban J connectivity index is 4.48. The normalized spacial score (nSPS) is 12.2. The summed E-state index contributed by atoms with van der Waals surface area (Å²) in [6, 6.07) is 0. The Bertz CT molecular complexity index is 497. The SMILES string of the molecule is CC(C)CC(=O)OCCN(CCOC(=O)CC(C)(C)C)CCOC(=O)CC(C)(C)C. The average Bonchev–Trinajstić information content (AvgIpc) is 2.50. The molecule has 0 rings (SSSR count). The minimum atomic E-state index is -0.234. The van der Waals surface area contributed by atoms with Crippen molar-refractivity contribution in [3.63, 3.8) is 0 Å². The molecule has 0 saturated carbocycles. The van der Waals surface area contributed by atoms with Gasteiger partial charge in [0.15, 0.2) is 0 Å². The van der Waals surface area contributed by atoms with Gasteiger partial charge in [-0.3, -0.25) is 19.3 Å². The van der Waals surface area contributed by atoms with Crippen LogP contribution >= 0.6 is 0 Å². The van der Waals surface area contributed by atoms with Gasteiger partial charge in [-0.25, -0.2) is 0 Å². The number of rotatable bonds is 13. The summed E-state index contributed by atoms with van der Waals surface area (Å²) < 4.78 is 15.9.